The lowest BCUT2D eigenvalue weighted by Gasteiger charge is -2.32. The van der Waals surface area contributed by atoms with E-state index >= 15 is 0 Å². The van der Waals surface area contributed by atoms with Gasteiger partial charge in [-0.1, -0.05) is 19.1 Å². The molecule has 0 unspecified atom stereocenters. The van der Waals surface area contributed by atoms with Crippen molar-refractivity contribution in [2.75, 3.05) is 13.1 Å². The number of aromatic nitrogens is 3. The average Bonchev–Trinajstić information content (AvgIpc) is 3.41. The van der Waals surface area contributed by atoms with Gasteiger partial charge in [-0.3, -0.25) is 9.59 Å². The Bertz CT molecular complexity index is 1310. The Morgan fingerprint density at radius 2 is 1.83 bits per heavy atom. The molecule has 0 aliphatic carbocycles. The van der Waals surface area contributed by atoms with Gasteiger partial charge in [0.15, 0.2) is 0 Å². The van der Waals surface area contributed by atoms with Crippen LogP contribution < -0.4 is 5.56 Å². The number of nitrogens with zero attached hydrogens (tertiary/aromatic N) is 4. The van der Waals surface area contributed by atoms with E-state index in [9.17, 15) is 22.8 Å². The summed E-state index contributed by atoms with van der Waals surface area (Å²) in [5, 5.41) is 0. The van der Waals surface area contributed by atoms with Gasteiger partial charge < -0.3 is 18.8 Å². The van der Waals surface area contributed by atoms with Crippen molar-refractivity contribution >= 4 is 5.91 Å². The Morgan fingerprint density at radius 1 is 1.09 bits per heavy atom. The summed E-state index contributed by atoms with van der Waals surface area (Å²) in [6, 6.07) is 8.33. The zero-order valence-electron chi connectivity index (χ0n) is 19.3. The van der Waals surface area contributed by atoms with Gasteiger partial charge in [0.1, 0.15) is 11.4 Å². The lowest BCUT2D eigenvalue weighted by atomic mass is 9.97. The fourth-order valence-corrected chi connectivity index (χ4v) is 4.82. The maximum atomic E-state index is 13.2. The van der Waals surface area contributed by atoms with Gasteiger partial charge in [-0.25, -0.2) is 4.98 Å². The molecular weight excluding hydrogens is 461 g/mol. The van der Waals surface area contributed by atoms with Crippen LogP contribution in [0.2, 0.25) is 0 Å². The van der Waals surface area contributed by atoms with Gasteiger partial charge in [-0.2, -0.15) is 13.2 Å². The predicted molar refractivity (Wildman–Crippen MR) is 121 cm³/mol. The van der Waals surface area contributed by atoms with Crippen LogP contribution in [0.1, 0.15) is 46.8 Å². The van der Waals surface area contributed by atoms with Crippen LogP contribution in [0.15, 0.2) is 53.7 Å². The zero-order valence-corrected chi connectivity index (χ0v) is 19.3. The minimum absolute atomic E-state index is 0.117. The topological polar surface area (TPSA) is 69.4 Å². The molecule has 184 valence electrons. The third kappa shape index (κ3) is 4.38. The lowest BCUT2D eigenvalue weighted by molar-refractivity contribution is -0.137. The first-order valence-corrected chi connectivity index (χ1v) is 11.5. The molecule has 3 atom stereocenters. The van der Waals surface area contributed by atoms with E-state index < -0.39 is 11.7 Å². The molecule has 10 heteroatoms. The van der Waals surface area contributed by atoms with Crippen molar-refractivity contribution in [3.63, 3.8) is 0 Å². The summed E-state index contributed by atoms with van der Waals surface area (Å²) in [5.41, 5.74) is 1.30. The van der Waals surface area contributed by atoms with Crippen LogP contribution >= 0.6 is 0 Å². The van der Waals surface area contributed by atoms with Gasteiger partial charge in [0, 0.05) is 25.8 Å². The number of hydrogen-bond acceptors (Lipinski definition) is 4. The van der Waals surface area contributed by atoms with Crippen LogP contribution in [-0.4, -0.2) is 44.1 Å². The molecule has 2 aliphatic rings. The largest absolute Gasteiger partial charge is 0.416 e. The monoisotopic (exact) mass is 486 g/mol. The highest BCUT2D eigenvalue weighted by molar-refractivity contribution is 5.93. The maximum Gasteiger partial charge on any atom is 0.416 e. The smallest absolute Gasteiger partial charge is 0.368 e. The summed E-state index contributed by atoms with van der Waals surface area (Å²) >= 11 is 0. The molecule has 2 aliphatic heterocycles. The summed E-state index contributed by atoms with van der Waals surface area (Å²) in [5.74, 6) is -0.124. The van der Waals surface area contributed by atoms with E-state index in [-0.39, 0.29) is 29.6 Å². The number of carbonyl (C=O) groups is 1. The molecule has 1 amide bonds. The first-order chi connectivity index (χ1) is 16.6. The Balaban J connectivity index is 1.29. The molecular formula is C25H25F3N4O3. The van der Waals surface area contributed by atoms with Crippen LogP contribution in [0.3, 0.4) is 0 Å². The second kappa shape index (κ2) is 8.67. The highest BCUT2D eigenvalue weighted by atomic mass is 19.4. The number of pyridine rings is 1. The number of aryl methyl sites for hydroxylation is 1. The first kappa shape index (κ1) is 23.3. The Morgan fingerprint density at radius 3 is 2.49 bits per heavy atom. The lowest BCUT2D eigenvalue weighted by Crippen LogP contribution is -2.48. The number of hydrogen-bond donors (Lipinski definition) is 0. The summed E-state index contributed by atoms with van der Waals surface area (Å²) in [6.07, 6.45) is -0.974. The van der Waals surface area contributed by atoms with Gasteiger partial charge >= 0.3 is 6.18 Å². The number of imidazole rings is 1. The van der Waals surface area contributed by atoms with E-state index in [0.717, 1.165) is 17.8 Å². The van der Waals surface area contributed by atoms with Crippen molar-refractivity contribution in [1.29, 1.82) is 0 Å². The van der Waals surface area contributed by atoms with Gasteiger partial charge in [-0.15, -0.1) is 0 Å². The molecule has 4 heterocycles. The molecule has 2 aromatic heterocycles. The van der Waals surface area contributed by atoms with Crippen LogP contribution in [0, 0.1) is 12.8 Å². The fraction of sp³-hybridized carbons (Fsp3) is 0.400. The van der Waals surface area contributed by atoms with Gasteiger partial charge in [0.25, 0.3) is 11.5 Å². The first-order valence-electron chi connectivity index (χ1n) is 11.5. The number of benzene rings is 1. The summed E-state index contributed by atoms with van der Waals surface area (Å²) in [6.45, 7) is 4.94. The van der Waals surface area contributed by atoms with Gasteiger partial charge in [-0.05, 0) is 49.1 Å². The average molecular weight is 486 g/mol. The molecule has 0 bridgehead atoms. The molecule has 3 aromatic rings. The minimum atomic E-state index is -4.38. The number of carbonyl (C=O) groups excluding carboxylic acids is 1. The number of alkyl halides is 3. The maximum absolute atomic E-state index is 13.2. The molecule has 35 heavy (non-hydrogen) atoms. The predicted octanol–water partition coefficient (Wildman–Crippen LogP) is 3.98. The van der Waals surface area contributed by atoms with Crippen LogP contribution in [0.4, 0.5) is 13.2 Å². The van der Waals surface area contributed by atoms with Crippen molar-refractivity contribution in [3.05, 3.63) is 81.8 Å². The van der Waals surface area contributed by atoms with E-state index in [2.05, 4.69) is 4.98 Å². The fourth-order valence-electron chi connectivity index (χ4n) is 4.82. The number of rotatable bonds is 4. The van der Waals surface area contributed by atoms with E-state index in [1.807, 2.05) is 13.8 Å². The van der Waals surface area contributed by atoms with Crippen LogP contribution in [0.25, 0.3) is 5.69 Å². The van der Waals surface area contributed by atoms with Crippen molar-refractivity contribution in [2.45, 2.75) is 45.2 Å². The molecule has 0 N–H and O–H groups in total. The molecule has 5 rings (SSSR count). The van der Waals surface area contributed by atoms with E-state index in [0.29, 0.717) is 43.0 Å². The van der Waals surface area contributed by atoms with Crippen molar-refractivity contribution < 1.29 is 22.7 Å². The second-order valence-electron chi connectivity index (χ2n) is 9.23. The van der Waals surface area contributed by atoms with Crippen molar-refractivity contribution in [2.24, 2.45) is 5.92 Å². The molecule has 1 aromatic carbocycles. The third-order valence-corrected chi connectivity index (χ3v) is 6.81. The molecule has 1 saturated heterocycles. The van der Waals surface area contributed by atoms with Crippen LogP contribution in [-0.2, 0) is 17.5 Å². The molecule has 1 fully saturated rings. The quantitative estimate of drug-likeness (QED) is 0.560. The summed E-state index contributed by atoms with van der Waals surface area (Å²) in [7, 11) is 0. The second-order valence-corrected chi connectivity index (χ2v) is 9.23. The highest BCUT2D eigenvalue weighted by Gasteiger charge is 2.37. The van der Waals surface area contributed by atoms with Crippen molar-refractivity contribution in [1.82, 2.24) is 19.0 Å². The third-order valence-electron chi connectivity index (χ3n) is 6.81. The SMILES string of the molecule is Cc1cn(-c2ccc3n(c2=O)CCN(C[C@H]2O[C@@H](c4ccc(C(F)(F)F)cc4)C[C@@H]2C)C3=O)cn1. The Kier molecular flexibility index (Phi) is 5.79. The summed E-state index contributed by atoms with van der Waals surface area (Å²) < 4.78 is 47.9. The van der Waals surface area contributed by atoms with E-state index in [1.54, 1.807) is 34.1 Å². The number of ether oxygens (including phenoxy) is 1. The van der Waals surface area contributed by atoms with E-state index in [1.165, 1.54) is 16.7 Å². The number of amides is 1. The standard InChI is InChI=1S/C25H25F3N4O3/c1-15-11-21(17-3-5-18(6-4-17)25(26,27)28)35-22(15)13-30-9-10-32-20(23(30)33)8-7-19(24(32)34)31-12-16(2)29-14-31/h3-8,12,14-15,21-22H,9-11,13H2,1-2H3/t15-,21+,22+/m0/s1. The molecule has 7 nitrogen and oxygen atoms in total. The van der Waals surface area contributed by atoms with Gasteiger partial charge in [0.2, 0.25) is 0 Å². The molecule has 0 radical (unpaired) electrons. The normalized spacial score (nSPS) is 22.5. The van der Waals surface area contributed by atoms with E-state index in [4.69, 9.17) is 4.74 Å². The number of halogens is 3. The molecule has 0 saturated carbocycles. The summed E-state index contributed by atoms with van der Waals surface area (Å²) in [4.78, 5) is 32.0. The Hall–Kier alpha value is -3.40. The zero-order chi connectivity index (χ0) is 24.9. The Labute approximate surface area is 199 Å². The van der Waals surface area contributed by atoms with Gasteiger partial charge in [0.05, 0.1) is 29.8 Å². The minimum Gasteiger partial charge on any atom is -0.368 e. The molecule has 0 spiro atoms. The van der Waals surface area contributed by atoms with Crippen molar-refractivity contribution in [3.8, 4) is 5.69 Å². The van der Waals surface area contributed by atoms with Crippen LogP contribution in [0.5, 0.6) is 0 Å². The highest BCUT2D eigenvalue weighted by Crippen LogP contribution is 2.38. The number of fused-ring (bicyclic) bond motifs is 1.